The lowest BCUT2D eigenvalue weighted by Crippen LogP contribution is -2.40. The highest BCUT2D eigenvalue weighted by molar-refractivity contribution is 6.30. The van der Waals surface area contributed by atoms with E-state index in [4.69, 9.17) is 25.8 Å². The van der Waals surface area contributed by atoms with Gasteiger partial charge in [-0.2, -0.15) is 8.78 Å². The third-order valence-electron chi connectivity index (χ3n) is 8.61. The summed E-state index contributed by atoms with van der Waals surface area (Å²) in [6.45, 7) is 3.61. The summed E-state index contributed by atoms with van der Waals surface area (Å²) in [5.41, 5.74) is -0.0350. The summed E-state index contributed by atoms with van der Waals surface area (Å²) in [5.74, 6) is -1.61. The van der Waals surface area contributed by atoms with Crippen LogP contribution in [0.3, 0.4) is 0 Å². The molecule has 0 spiro atoms. The van der Waals surface area contributed by atoms with Gasteiger partial charge in [-0.1, -0.05) is 30.7 Å². The van der Waals surface area contributed by atoms with Crippen molar-refractivity contribution >= 4 is 11.6 Å². The molecule has 1 heterocycles. The molecular formula is C30H35ClF4O3. The van der Waals surface area contributed by atoms with Crippen molar-refractivity contribution in [2.45, 2.75) is 70.7 Å². The molecule has 2 saturated carbocycles. The van der Waals surface area contributed by atoms with Crippen LogP contribution < -0.4 is 4.74 Å². The Labute approximate surface area is 226 Å². The number of alkyl halides is 2. The van der Waals surface area contributed by atoms with Gasteiger partial charge < -0.3 is 14.2 Å². The summed E-state index contributed by atoms with van der Waals surface area (Å²) in [5, 5.41) is 0.426. The number of rotatable bonds is 6. The molecule has 3 nitrogen and oxygen atoms in total. The Morgan fingerprint density at radius 2 is 1.29 bits per heavy atom. The molecule has 1 aliphatic heterocycles. The fourth-order valence-electron chi connectivity index (χ4n) is 6.44. The van der Waals surface area contributed by atoms with Crippen LogP contribution in [0.5, 0.6) is 5.75 Å². The van der Waals surface area contributed by atoms with E-state index < -0.39 is 29.4 Å². The first-order valence-electron chi connectivity index (χ1n) is 13.7. The predicted octanol–water partition coefficient (Wildman–Crippen LogP) is 8.88. The molecule has 0 bridgehead atoms. The summed E-state index contributed by atoms with van der Waals surface area (Å²) < 4.78 is 76.3. The Bertz CT molecular complexity index is 1050. The van der Waals surface area contributed by atoms with Crippen LogP contribution in [-0.2, 0) is 9.47 Å². The zero-order chi connectivity index (χ0) is 26.9. The van der Waals surface area contributed by atoms with E-state index in [2.05, 4.69) is 6.92 Å². The maximum atomic E-state index is 15.1. The Morgan fingerprint density at radius 1 is 0.789 bits per heavy atom. The van der Waals surface area contributed by atoms with E-state index in [-0.39, 0.29) is 17.4 Å². The van der Waals surface area contributed by atoms with E-state index in [0.29, 0.717) is 54.4 Å². The first kappa shape index (κ1) is 27.7. The highest BCUT2D eigenvalue weighted by atomic mass is 35.5. The molecule has 5 rings (SSSR count). The molecule has 208 valence electrons. The molecule has 2 aromatic rings. The molecule has 8 heteroatoms. The first-order valence-corrected chi connectivity index (χ1v) is 14.1. The van der Waals surface area contributed by atoms with E-state index in [1.807, 2.05) is 0 Å². The van der Waals surface area contributed by atoms with E-state index >= 15 is 8.78 Å². The molecule has 38 heavy (non-hydrogen) atoms. The largest absolute Gasteiger partial charge is 0.432 e. The number of benzene rings is 2. The van der Waals surface area contributed by atoms with Gasteiger partial charge in [-0.05, 0) is 80.9 Å². The SMILES string of the molecule is CC1COC(C2CCC(C3CCC(C(F)(F)Oc4cc(F)c(-c5ccc(Cl)cc5)c(F)c4)CC3)CC2)OC1. The van der Waals surface area contributed by atoms with Gasteiger partial charge in [-0.15, -0.1) is 0 Å². The van der Waals surface area contributed by atoms with Crippen LogP contribution >= 0.6 is 11.6 Å². The van der Waals surface area contributed by atoms with E-state index in [1.54, 1.807) is 0 Å². The second-order valence-electron chi connectivity index (χ2n) is 11.4. The summed E-state index contributed by atoms with van der Waals surface area (Å²) >= 11 is 5.84. The molecule has 0 atom stereocenters. The van der Waals surface area contributed by atoms with Crippen molar-refractivity contribution in [3.8, 4) is 16.9 Å². The Morgan fingerprint density at radius 3 is 1.84 bits per heavy atom. The van der Waals surface area contributed by atoms with Crippen molar-refractivity contribution in [2.75, 3.05) is 13.2 Å². The summed E-state index contributed by atoms with van der Waals surface area (Å²) in [6, 6.07) is 7.62. The van der Waals surface area contributed by atoms with Gasteiger partial charge in [-0.3, -0.25) is 0 Å². The highest BCUT2D eigenvalue weighted by Crippen LogP contribution is 2.46. The molecule has 3 fully saturated rings. The average Bonchev–Trinajstić information content (AvgIpc) is 2.90. The fraction of sp³-hybridized carbons (Fsp3) is 0.600. The van der Waals surface area contributed by atoms with Gasteiger partial charge in [0.05, 0.1) is 24.7 Å². The smallest absolute Gasteiger partial charge is 0.400 e. The van der Waals surface area contributed by atoms with Crippen molar-refractivity contribution in [1.29, 1.82) is 0 Å². The van der Waals surface area contributed by atoms with Crippen LogP contribution in [0.1, 0.15) is 58.3 Å². The summed E-state index contributed by atoms with van der Waals surface area (Å²) in [4.78, 5) is 0. The standard InChI is InChI=1S/C30H35ClF4O3/c1-18-16-36-29(37-17-18)22-4-2-19(3-5-22)20-6-10-23(11-7-20)30(34,35)38-25-14-26(32)28(27(33)15-25)21-8-12-24(31)13-9-21/h8-9,12-15,18-20,22-23,29H,2-7,10-11,16-17H2,1H3. The minimum atomic E-state index is -3.50. The molecule has 0 aromatic heterocycles. The van der Waals surface area contributed by atoms with Crippen LogP contribution in [0.25, 0.3) is 11.1 Å². The second kappa shape index (κ2) is 11.7. The third-order valence-corrected chi connectivity index (χ3v) is 8.86. The summed E-state index contributed by atoms with van der Waals surface area (Å²) in [7, 11) is 0. The molecule has 3 aliphatic rings. The van der Waals surface area contributed by atoms with E-state index in [0.717, 1.165) is 51.0 Å². The van der Waals surface area contributed by atoms with Crippen LogP contribution in [0.2, 0.25) is 5.02 Å². The Kier molecular flexibility index (Phi) is 8.56. The van der Waals surface area contributed by atoms with Gasteiger partial charge in [0.1, 0.15) is 17.4 Å². The van der Waals surface area contributed by atoms with E-state index in [1.165, 1.54) is 24.3 Å². The first-order chi connectivity index (χ1) is 18.2. The van der Waals surface area contributed by atoms with Gasteiger partial charge in [-0.25, -0.2) is 8.78 Å². The summed E-state index contributed by atoms with van der Waals surface area (Å²) in [6.07, 6.45) is 2.73. The average molecular weight is 555 g/mol. The minimum absolute atomic E-state index is 0.103. The van der Waals surface area contributed by atoms with Gasteiger partial charge in [0, 0.05) is 29.0 Å². The fourth-order valence-corrected chi connectivity index (χ4v) is 6.57. The quantitative estimate of drug-likeness (QED) is 0.334. The van der Waals surface area contributed by atoms with Crippen molar-refractivity contribution < 1.29 is 31.8 Å². The molecule has 0 amide bonds. The molecule has 0 radical (unpaired) electrons. The lowest BCUT2D eigenvalue weighted by molar-refractivity contribution is -0.229. The van der Waals surface area contributed by atoms with Gasteiger partial charge in [0.25, 0.3) is 0 Å². The van der Waals surface area contributed by atoms with Crippen LogP contribution in [0.15, 0.2) is 36.4 Å². The van der Waals surface area contributed by atoms with Gasteiger partial charge in [0.2, 0.25) is 0 Å². The molecular weight excluding hydrogens is 520 g/mol. The monoisotopic (exact) mass is 554 g/mol. The molecule has 0 unspecified atom stereocenters. The number of halogens is 5. The van der Waals surface area contributed by atoms with Crippen molar-refractivity contribution in [2.24, 2.45) is 29.6 Å². The van der Waals surface area contributed by atoms with Gasteiger partial charge in [0.15, 0.2) is 6.29 Å². The maximum absolute atomic E-state index is 15.1. The third kappa shape index (κ3) is 6.31. The Hall–Kier alpha value is -1.83. The normalized spacial score (nSPS) is 30.7. The molecule has 2 aromatic carbocycles. The lowest BCUT2D eigenvalue weighted by atomic mass is 9.69. The predicted molar refractivity (Wildman–Crippen MR) is 138 cm³/mol. The zero-order valence-electron chi connectivity index (χ0n) is 21.6. The highest BCUT2D eigenvalue weighted by Gasteiger charge is 2.45. The van der Waals surface area contributed by atoms with Crippen molar-refractivity contribution in [3.05, 3.63) is 53.1 Å². The molecule has 0 N–H and O–H groups in total. The topological polar surface area (TPSA) is 27.7 Å². The molecule has 1 saturated heterocycles. The number of ether oxygens (including phenoxy) is 3. The number of hydrogen-bond donors (Lipinski definition) is 0. The second-order valence-corrected chi connectivity index (χ2v) is 11.8. The van der Waals surface area contributed by atoms with Crippen molar-refractivity contribution in [3.63, 3.8) is 0 Å². The van der Waals surface area contributed by atoms with Crippen molar-refractivity contribution in [1.82, 2.24) is 0 Å². The minimum Gasteiger partial charge on any atom is -0.432 e. The molecule has 2 aliphatic carbocycles. The van der Waals surface area contributed by atoms with E-state index in [9.17, 15) is 8.78 Å². The van der Waals surface area contributed by atoms with Crippen LogP contribution in [-0.4, -0.2) is 25.6 Å². The lowest BCUT2D eigenvalue weighted by Gasteiger charge is -2.41. The maximum Gasteiger partial charge on any atom is 0.400 e. The van der Waals surface area contributed by atoms with Crippen LogP contribution in [0, 0.1) is 41.2 Å². The van der Waals surface area contributed by atoms with Gasteiger partial charge >= 0.3 is 6.11 Å². The zero-order valence-corrected chi connectivity index (χ0v) is 22.4. The Balaban J connectivity index is 1.13. The number of hydrogen-bond acceptors (Lipinski definition) is 3. The van der Waals surface area contributed by atoms with Crippen LogP contribution in [0.4, 0.5) is 17.6 Å².